The molecule has 86 valence electrons. The highest BCUT2D eigenvalue weighted by Crippen LogP contribution is 2.21. The summed E-state index contributed by atoms with van der Waals surface area (Å²) in [6.07, 6.45) is 0.527. The molecule has 1 atom stereocenters. The Morgan fingerprint density at radius 3 is 2.38 bits per heavy atom. The van der Waals surface area contributed by atoms with Gasteiger partial charge in [-0.3, -0.25) is 4.79 Å². The second kappa shape index (κ2) is 4.25. The lowest BCUT2D eigenvalue weighted by Crippen LogP contribution is -2.15. The van der Waals surface area contributed by atoms with Crippen LogP contribution < -0.4 is 0 Å². The lowest BCUT2D eigenvalue weighted by atomic mass is 9.97. The van der Waals surface area contributed by atoms with Gasteiger partial charge in [-0.25, -0.2) is 13.2 Å². The average Bonchev–Trinajstić information content (AvgIpc) is 2.77. The molecule has 1 heterocycles. The fraction of sp³-hybridized carbons (Fsp3) is 0.364. The molecule has 1 saturated heterocycles. The van der Waals surface area contributed by atoms with Gasteiger partial charge in [0.15, 0.2) is 23.2 Å². The van der Waals surface area contributed by atoms with Crippen LogP contribution in [0.25, 0.3) is 0 Å². The van der Waals surface area contributed by atoms with E-state index >= 15 is 0 Å². The van der Waals surface area contributed by atoms with Crippen LogP contribution >= 0.6 is 0 Å². The third kappa shape index (κ3) is 1.95. The molecular weight excluding hydrogens is 221 g/mol. The summed E-state index contributed by atoms with van der Waals surface area (Å²) in [7, 11) is 0. The molecule has 0 N–H and O–H groups in total. The average molecular weight is 230 g/mol. The SMILES string of the molecule is O=C(c1cc(F)c(F)c(F)c1)C1CCOC1. The van der Waals surface area contributed by atoms with Gasteiger partial charge in [0.25, 0.3) is 0 Å². The van der Waals surface area contributed by atoms with Gasteiger partial charge in [-0.1, -0.05) is 0 Å². The summed E-state index contributed by atoms with van der Waals surface area (Å²) in [5.41, 5.74) is -0.146. The molecular formula is C11H9F3O2. The van der Waals surface area contributed by atoms with Gasteiger partial charge in [-0.05, 0) is 18.6 Å². The number of Topliss-reactive ketones (excluding diaryl/α,β-unsaturated/α-hetero) is 1. The molecule has 1 aromatic rings. The van der Waals surface area contributed by atoms with E-state index in [4.69, 9.17) is 4.74 Å². The van der Waals surface area contributed by atoms with E-state index in [2.05, 4.69) is 0 Å². The van der Waals surface area contributed by atoms with Crippen LogP contribution in [0.1, 0.15) is 16.8 Å². The van der Waals surface area contributed by atoms with Crippen LogP contribution in [-0.4, -0.2) is 19.0 Å². The number of ketones is 1. The highest BCUT2D eigenvalue weighted by atomic mass is 19.2. The lowest BCUT2D eigenvalue weighted by molar-refractivity contribution is 0.0899. The predicted octanol–water partition coefficient (Wildman–Crippen LogP) is 2.32. The van der Waals surface area contributed by atoms with E-state index in [-0.39, 0.29) is 18.1 Å². The van der Waals surface area contributed by atoms with E-state index in [1.165, 1.54) is 0 Å². The summed E-state index contributed by atoms with van der Waals surface area (Å²) in [5, 5.41) is 0. The minimum atomic E-state index is -1.56. The van der Waals surface area contributed by atoms with Crippen LogP contribution in [0.2, 0.25) is 0 Å². The highest BCUT2D eigenvalue weighted by molar-refractivity contribution is 5.98. The van der Waals surface area contributed by atoms with Gasteiger partial charge < -0.3 is 4.74 Å². The zero-order valence-electron chi connectivity index (χ0n) is 8.30. The van der Waals surface area contributed by atoms with Crippen molar-refractivity contribution >= 4 is 5.78 Å². The van der Waals surface area contributed by atoms with Crippen molar-refractivity contribution in [1.82, 2.24) is 0 Å². The Hall–Kier alpha value is -1.36. The minimum Gasteiger partial charge on any atom is -0.381 e. The van der Waals surface area contributed by atoms with Crippen LogP contribution in [0.3, 0.4) is 0 Å². The van der Waals surface area contributed by atoms with Crippen molar-refractivity contribution in [3.8, 4) is 0 Å². The van der Waals surface area contributed by atoms with Crippen molar-refractivity contribution in [1.29, 1.82) is 0 Å². The number of ether oxygens (including phenoxy) is 1. The van der Waals surface area contributed by atoms with Crippen LogP contribution in [0.5, 0.6) is 0 Å². The van der Waals surface area contributed by atoms with Crippen molar-refractivity contribution in [3.63, 3.8) is 0 Å². The highest BCUT2D eigenvalue weighted by Gasteiger charge is 2.26. The van der Waals surface area contributed by atoms with Gasteiger partial charge in [0.05, 0.1) is 6.61 Å². The van der Waals surface area contributed by atoms with E-state index < -0.39 is 23.2 Å². The fourth-order valence-electron chi connectivity index (χ4n) is 1.67. The topological polar surface area (TPSA) is 26.3 Å². The largest absolute Gasteiger partial charge is 0.381 e. The van der Waals surface area contributed by atoms with Crippen molar-refractivity contribution in [3.05, 3.63) is 35.1 Å². The summed E-state index contributed by atoms with van der Waals surface area (Å²) in [5.74, 6) is -5.04. The van der Waals surface area contributed by atoms with E-state index in [0.29, 0.717) is 13.0 Å². The molecule has 1 aromatic carbocycles. The number of carbonyl (C=O) groups is 1. The Balaban J connectivity index is 2.29. The molecule has 1 fully saturated rings. The monoisotopic (exact) mass is 230 g/mol. The summed E-state index contributed by atoms with van der Waals surface area (Å²) in [4.78, 5) is 11.7. The number of rotatable bonds is 2. The third-order valence-electron chi connectivity index (χ3n) is 2.57. The molecule has 2 nitrogen and oxygen atoms in total. The quantitative estimate of drug-likeness (QED) is 0.575. The van der Waals surface area contributed by atoms with Gasteiger partial charge in [-0.15, -0.1) is 0 Å². The van der Waals surface area contributed by atoms with Crippen molar-refractivity contribution in [2.45, 2.75) is 6.42 Å². The number of benzene rings is 1. The first-order valence-electron chi connectivity index (χ1n) is 4.86. The zero-order valence-corrected chi connectivity index (χ0v) is 8.30. The van der Waals surface area contributed by atoms with E-state index in [9.17, 15) is 18.0 Å². The van der Waals surface area contributed by atoms with Crippen LogP contribution in [0.4, 0.5) is 13.2 Å². The van der Waals surface area contributed by atoms with Gasteiger partial charge in [0.1, 0.15) is 0 Å². The maximum absolute atomic E-state index is 12.9. The first-order chi connectivity index (χ1) is 7.59. The van der Waals surface area contributed by atoms with E-state index in [0.717, 1.165) is 12.1 Å². The van der Waals surface area contributed by atoms with E-state index in [1.807, 2.05) is 0 Å². The fourth-order valence-corrected chi connectivity index (χ4v) is 1.67. The molecule has 0 spiro atoms. The maximum Gasteiger partial charge on any atom is 0.194 e. The molecule has 5 heteroatoms. The summed E-state index contributed by atoms with van der Waals surface area (Å²) in [6.45, 7) is 0.710. The standard InChI is InChI=1S/C11H9F3O2/c12-8-3-7(4-9(13)10(8)14)11(15)6-1-2-16-5-6/h3-4,6H,1-2,5H2. The Labute approximate surface area is 90.0 Å². The van der Waals surface area contributed by atoms with Gasteiger partial charge >= 0.3 is 0 Å². The van der Waals surface area contributed by atoms with Crippen molar-refractivity contribution in [2.24, 2.45) is 5.92 Å². The lowest BCUT2D eigenvalue weighted by Gasteiger charge is -2.07. The normalized spacial score (nSPS) is 20.1. The van der Waals surface area contributed by atoms with Crippen LogP contribution in [0, 0.1) is 23.4 Å². The smallest absolute Gasteiger partial charge is 0.194 e. The molecule has 1 aliphatic rings. The predicted molar refractivity (Wildman–Crippen MR) is 49.6 cm³/mol. The first-order valence-corrected chi connectivity index (χ1v) is 4.86. The van der Waals surface area contributed by atoms with Gasteiger partial charge in [0, 0.05) is 18.1 Å². The molecule has 0 radical (unpaired) electrons. The molecule has 1 unspecified atom stereocenters. The number of halogens is 3. The van der Waals surface area contributed by atoms with Gasteiger partial charge in [0.2, 0.25) is 0 Å². The molecule has 16 heavy (non-hydrogen) atoms. The van der Waals surface area contributed by atoms with Crippen molar-refractivity contribution < 1.29 is 22.7 Å². The Morgan fingerprint density at radius 2 is 1.88 bits per heavy atom. The maximum atomic E-state index is 12.9. The summed E-state index contributed by atoms with van der Waals surface area (Å²) in [6, 6.07) is 1.44. The molecule has 2 rings (SSSR count). The first kappa shape index (κ1) is 11.1. The Bertz CT molecular complexity index is 402. The van der Waals surface area contributed by atoms with Crippen LogP contribution in [-0.2, 0) is 4.74 Å². The zero-order chi connectivity index (χ0) is 11.7. The second-order valence-electron chi connectivity index (χ2n) is 3.68. The molecule has 0 aliphatic carbocycles. The third-order valence-corrected chi connectivity index (χ3v) is 2.57. The second-order valence-corrected chi connectivity index (χ2v) is 3.68. The summed E-state index contributed by atoms with van der Waals surface area (Å²) < 4.78 is 43.4. The van der Waals surface area contributed by atoms with Gasteiger partial charge in [-0.2, -0.15) is 0 Å². The van der Waals surface area contributed by atoms with Crippen molar-refractivity contribution in [2.75, 3.05) is 13.2 Å². The Kier molecular flexibility index (Phi) is 2.96. The summed E-state index contributed by atoms with van der Waals surface area (Å²) >= 11 is 0. The van der Waals surface area contributed by atoms with E-state index in [1.54, 1.807) is 0 Å². The van der Waals surface area contributed by atoms with Crippen LogP contribution in [0.15, 0.2) is 12.1 Å². The Morgan fingerprint density at radius 1 is 1.25 bits per heavy atom. The number of hydrogen-bond acceptors (Lipinski definition) is 2. The number of carbonyl (C=O) groups excluding carboxylic acids is 1. The number of hydrogen-bond donors (Lipinski definition) is 0. The molecule has 0 aromatic heterocycles. The molecule has 0 amide bonds. The minimum absolute atomic E-state index is 0.146. The molecule has 0 saturated carbocycles. The molecule has 0 bridgehead atoms. The molecule has 1 aliphatic heterocycles.